The van der Waals surface area contributed by atoms with E-state index in [1.165, 1.54) is 0 Å². The van der Waals surface area contributed by atoms with Crippen molar-refractivity contribution in [3.63, 3.8) is 0 Å². The Balaban J connectivity index is 1.88. The average molecular weight is 170 g/mol. The Kier molecular flexibility index (Phi) is 1.80. The zero-order valence-corrected chi connectivity index (χ0v) is 6.94. The number of hydrogen-bond acceptors (Lipinski definition) is 3. The van der Waals surface area contributed by atoms with Gasteiger partial charge in [-0.2, -0.15) is 0 Å². The smallest absolute Gasteiger partial charge is 0.125 e. The third-order valence-electron chi connectivity index (χ3n) is 1.95. The van der Waals surface area contributed by atoms with E-state index in [-0.39, 0.29) is 0 Å². The van der Waals surface area contributed by atoms with Gasteiger partial charge in [0.1, 0.15) is 6.17 Å². The Bertz CT molecular complexity index is 266. The lowest BCUT2D eigenvalue weighted by Crippen LogP contribution is -2.47. The van der Waals surface area contributed by atoms with Crippen LogP contribution in [0.1, 0.15) is 5.69 Å². The van der Waals surface area contributed by atoms with Crippen LogP contribution < -0.4 is 0 Å². The van der Waals surface area contributed by atoms with E-state index in [9.17, 15) is 4.39 Å². The molecule has 0 aliphatic carbocycles. The molecule has 0 N–H and O–H groups in total. The van der Waals surface area contributed by atoms with Crippen molar-refractivity contribution in [3.05, 3.63) is 11.9 Å². The van der Waals surface area contributed by atoms with Crippen LogP contribution in [-0.4, -0.2) is 39.2 Å². The summed E-state index contributed by atoms with van der Waals surface area (Å²) in [6.45, 7) is 1.79. The SMILES string of the molecule is Cn1cc(CN2CC(F)C2)nn1. The Morgan fingerprint density at radius 3 is 2.92 bits per heavy atom. The second kappa shape index (κ2) is 2.82. The van der Waals surface area contributed by atoms with Crippen molar-refractivity contribution in [2.75, 3.05) is 13.1 Å². The van der Waals surface area contributed by atoms with Gasteiger partial charge in [0.2, 0.25) is 0 Å². The molecule has 0 unspecified atom stereocenters. The fourth-order valence-corrected chi connectivity index (χ4v) is 1.33. The van der Waals surface area contributed by atoms with Crippen molar-refractivity contribution in [2.24, 2.45) is 7.05 Å². The number of nitrogens with zero attached hydrogens (tertiary/aromatic N) is 4. The summed E-state index contributed by atoms with van der Waals surface area (Å²) in [4.78, 5) is 2.01. The number of aryl methyl sites for hydroxylation is 1. The molecule has 0 bridgehead atoms. The summed E-state index contributed by atoms with van der Waals surface area (Å²) in [6, 6.07) is 0. The lowest BCUT2D eigenvalue weighted by Gasteiger charge is -2.33. The molecule has 0 aromatic carbocycles. The zero-order valence-electron chi connectivity index (χ0n) is 6.94. The monoisotopic (exact) mass is 170 g/mol. The molecular weight excluding hydrogens is 159 g/mol. The van der Waals surface area contributed by atoms with Crippen molar-refractivity contribution < 1.29 is 4.39 Å². The summed E-state index contributed by atoms with van der Waals surface area (Å²) in [5, 5.41) is 7.70. The number of halogens is 1. The molecular formula is C7H11FN4. The van der Waals surface area contributed by atoms with Gasteiger partial charge in [-0.25, -0.2) is 4.39 Å². The molecule has 2 rings (SSSR count). The Morgan fingerprint density at radius 1 is 1.67 bits per heavy atom. The largest absolute Gasteiger partial charge is 0.292 e. The molecule has 12 heavy (non-hydrogen) atoms. The predicted octanol–water partition coefficient (Wildman–Crippen LogP) is -0.0312. The van der Waals surface area contributed by atoms with E-state index >= 15 is 0 Å². The third-order valence-corrected chi connectivity index (χ3v) is 1.95. The van der Waals surface area contributed by atoms with Crippen LogP contribution >= 0.6 is 0 Å². The predicted molar refractivity (Wildman–Crippen MR) is 41.2 cm³/mol. The molecule has 1 aliphatic rings. The minimum atomic E-state index is -0.637. The van der Waals surface area contributed by atoms with E-state index in [0.717, 1.165) is 5.69 Å². The topological polar surface area (TPSA) is 34.0 Å². The fraction of sp³-hybridized carbons (Fsp3) is 0.714. The number of aromatic nitrogens is 3. The first kappa shape index (κ1) is 7.67. The molecule has 1 fully saturated rings. The highest BCUT2D eigenvalue weighted by Gasteiger charge is 2.26. The lowest BCUT2D eigenvalue weighted by atomic mass is 10.2. The van der Waals surface area contributed by atoms with Crippen LogP contribution in [0.2, 0.25) is 0 Å². The van der Waals surface area contributed by atoms with Gasteiger partial charge in [0.15, 0.2) is 0 Å². The van der Waals surface area contributed by atoms with Crippen LogP contribution in [0, 0.1) is 0 Å². The molecule has 2 heterocycles. The van der Waals surface area contributed by atoms with E-state index in [1.807, 2.05) is 18.1 Å². The quantitative estimate of drug-likeness (QED) is 0.625. The maximum atomic E-state index is 12.4. The van der Waals surface area contributed by atoms with Crippen molar-refractivity contribution in [2.45, 2.75) is 12.7 Å². The van der Waals surface area contributed by atoms with Gasteiger partial charge in [0.25, 0.3) is 0 Å². The first-order valence-corrected chi connectivity index (χ1v) is 3.95. The summed E-state index contributed by atoms with van der Waals surface area (Å²) in [5.41, 5.74) is 0.907. The fourth-order valence-electron chi connectivity index (χ4n) is 1.33. The first-order chi connectivity index (χ1) is 5.74. The minimum Gasteiger partial charge on any atom is -0.292 e. The molecule has 66 valence electrons. The van der Waals surface area contributed by atoms with Gasteiger partial charge in [-0.1, -0.05) is 5.21 Å². The molecule has 1 aliphatic heterocycles. The lowest BCUT2D eigenvalue weighted by molar-refractivity contribution is 0.0580. The van der Waals surface area contributed by atoms with E-state index in [2.05, 4.69) is 10.3 Å². The second-order valence-electron chi connectivity index (χ2n) is 3.17. The van der Waals surface area contributed by atoms with E-state index in [4.69, 9.17) is 0 Å². The van der Waals surface area contributed by atoms with Crippen LogP contribution in [0.4, 0.5) is 4.39 Å². The van der Waals surface area contributed by atoms with Crippen LogP contribution in [-0.2, 0) is 13.6 Å². The van der Waals surface area contributed by atoms with Gasteiger partial charge in [-0.05, 0) is 0 Å². The average Bonchev–Trinajstić information content (AvgIpc) is 2.33. The summed E-state index contributed by atoms with van der Waals surface area (Å²) in [7, 11) is 1.82. The van der Waals surface area contributed by atoms with Gasteiger partial charge >= 0.3 is 0 Å². The molecule has 0 atom stereocenters. The van der Waals surface area contributed by atoms with Gasteiger partial charge in [-0.15, -0.1) is 5.10 Å². The van der Waals surface area contributed by atoms with Crippen LogP contribution in [0.25, 0.3) is 0 Å². The number of rotatable bonds is 2. The van der Waals surface area contributed by atoms with Crippen LogP contribution in [0.3, 0.4) is 0 Å². The molecule has 4 nitrogen and oxygen atoms in total. The van der Waals surface area contributed by atoms with Gasteiger partial charge in [-0.3, -0.25) is 9.58 Å². The number of hydrogen-bond donors (Lipinski definition) is 0. The highest BCUT2D eigenvalue weighted by molar-refractivity contribution is 4.94. The standard InChI is InChI=1S/C7H11FN4/c1-11-4-7(9-10-11)5-12-2-6(8)3-12/h4,6H,2-3,5H2,1H3. The molecule has 5 heteroatoms. The Hall–Kier alpha value is -0.970. The van der Waals surface area contributed by atoms with Crippen molar-refractivity contribution in [3.8, 4) is 0 Å². The summed E-state index contributed by atoms with van der Waals surface area (Å²) >= 11 is 0. The van der Waals surface area contributed by atoms with E-state index in [1.54, 1.807) is 4.68 Å². The highest BCUT2D eigenvalue weighted by Crippen LogP contribution is 2.13. The molecule has 0 spiro atoms. The van der Waals surface area contributed by atoms with Gasteiger partial charge in [0.05, 0.1) is 5.69 Å². The van der Waals surface area contributed by atoms with Crippen molar-refractivity contribution >= 4 is 0 Å². The first-order valence-electron chi connectivity index (χ1n) is 3.95. The minimum absolute atomic E-state index is 0.538. The summed E-state index contributed by atoms with van der Waals surface area (Å²) in [6.07, 6.45) is 1.22. The molecule has 0 radical (unpaired) electrons. The zero-order chi connectivity index (χ0) is 8.55. The summed E-state index contributed by atoms with van der Waals surface area (Å²) in [5.74, 6) is 0. The highest BCUT2D eigenvalue weighted by atomic mass is 19.1. The summed E-state index contributed by atoms with van der Waals surface area (Å²) < 4.78 is 14.0. The van der Waals surface area contributed by atoms with E-state index in [0.29, 0.717) is 19.6 Å². The molecule has 0 amide bonds. The molecule has 0 saturated carbocycles. The van der Waals surface area contributed by atoms with Crippen LogP contribution in [0.15, 0.2) is 6.20 Å². The Morgan fingerprint density at radius 2 is 2.42 bits per heavy atom. The molecule has 1 saturated heterocycles. The maximum Gasteiger partial charge on any atom is 0.125 e. The Labute approximate surface area is 70.0 Å². The van der Waals surface area contributed by atoms with Crippen LogP contribution in [0.5, 0.6) is 0 Å². The normalized spacial score (nSPS) is 19.5. The third kappa shape index (κ3) is 1.45. The maximum absolute atomic E-state index is 12.4. The number of likely N-dealkylation sites (tertiary alicyclic amines) is 1. The van der Waals surface area contributed by atoms with E-state index < -0.39 is 6.17 Å². The number of alkyl halides is 1. The van der Waals surface area contributed by atoms with Gasteiger partial charge in [0, 0.05) is 32.9 Å². The van der Waals surface area contributed by atoms with Gasteiger partial charge < -0.3 is 0 Å². The second-order valence-corrected chi connectivity index (χ2v) is 3.17. The van der Waals surface area contributed by atoms with Crippen molar-refractivity contribution in [1.29, 1.82) is 0 Å². The van der Waals surface area contributed by atoms with Crippen molar-refractivity contribution in [1.82, 2.24) is 19.9 Å². The molecule has 1 aromatic rings. The molecule has 1 aromatic heterocycles.